The van der Waals surface area contributed by atoms with E-state index in [0.717, 1.165) is 95.3 Å². The summed E-state index contributed by atoms with van der Waals surface area (Å²) in [6, 6.07) is 49.4. The van der Waals surface area contributed by atoms with Gasteiger partial charge in [-0.05, 0) is 142 Å². The van der Waals surface area contributed by atoms with Crippen molar-refractivity contribution in [2.24, 2.45) is 0 Å². The van der Waals surface area contributed by atoms with Gasteiger partial charge >= 0.3 is 0 Å². The van der Waals surface area contributed by atoms with E-state index in [2.05, 4.69) is 28.5 Å². The van der Waals surface area contributed by atoms with Crippen molar-refractivity contribution in [2.45, 2.75) is 190 Å². The molecule has 0 radical (unpaired) electrons. The Balaban J connectivity index is 0.000000138. The number of aliphatic hydroxyl groups excluding tert-OH is 12. The zero-order valence-corrected chi connectivity index (χ0v) is 69.1. The maximum absolute atomic E-state index is 15.0. The molecule has 0 amide bonds. The minimum Gasteiger partial charge on any atom is -0.461 e. The van der Waals surface area contributed by atoms with Gasteiger partial charge in [0.05, 0.1) is 50.8 Å². The van der Waals surface area contributed by atoms with Gasteiger partial charge in [0.2, 0.25) is 18.9 Å². The molecule has 9 aliphatic rings. The lowest BCUT2D eigenvalue weighted by atomic mass is 9.77. The molecule has 0 bridgehead atoms. The first-order valence-electron chi connectivity index (χ1n) is 41.8. The molecule has 18 atom stereocenters. The van der Waals surface area contributed by atoms with Gasteiger partial charge in [-0.2, -0.15) is 0 Å². The van der Waals surface area contributed by atoms with E-state index in [4.69, 9.17) is 56.8 Å². The number of nitrogens with zero attached hydrogens (tertiary/aromatic N) is 3. The first-order valence-corrected chi connectivity index (χ1v) is 41.8. The molecule has 0 aliphatic carbocycles. The summed E-state index contributed by atoms with van der Waals surface area (Å²) in [6.45, 7) is 14.8. The zero-order valence-electron chi connectivity index (χ0n) is 69.1. The number of aliphatic hydroxyl groups is 12. The van der Waals surface area contributed by atoms with E-state index in [9.17, 15) is 83.2 Å². The minimum absolute atomic E-state index is 0.0281. The maximum Gasteiger partial charge on any atom is 0.271 e. The van der Waals surface area contributed by atoms with E-state index >= 15 is 0 Å². The Kier molecular flexibility index (Phi) is 25.6. The summed E-state index contributed by atoms with van der Waals surface area (Å²) in [5, 5.41) is 121. The third kappa shape index (κ3) is 15.1. The number of alkyl halides is 5. The van der Waals surface area contributed by atoms with Gasteiger partial charge in [-0.15, -0.1) is 0 Å². The number of fused-ring (bicyclic) bond motifs is 18. The molecule has 9 aromatic rings. The lowest BCUT2D eigenvalue weighted by Gasteiger charge is -2.41. The van der Waals surface area contributed by atoms with Crippen LogP contribution in [0.1, 0.15) is 138 Å². The highest BCUT2D eigenvalue weighted by molar-refractivity contribution is 5.73. The Bertz CT molecular complexity index is 5290. The summed E-state index contributed by atoms with van der Waals surface area (Å²) >= 11 is 0. The summed E-state index contributed by atoms with van der Waals surface area (Å²) in [4.78, 5) is 6.45. The van der Waals surface area contributed by atoms with E-state index < -0.39 is 159 Å². The smallest absolute Gasteiger partial charge is 0.271 e. The molecule has 3 fully saturated rings. The average Bonchev–Trinajstić information content (AvgIpc) is 1.63. The van der Waals surface area contributed by atoms with Crippen LogP contribution in [0.15, 0.2) is 164 Å². The van der Waals surface area contributed by atoms with Crippen molar-refractivity contribution < 1.29 is 140 Å². The molecular weight excluding hydrogens is 1640 g/mol. The first kappa shape index (κ1) is 88.5. The Morgan fingerprint density at radius 1 is 0.352 bits per heavy atom. The van der Waals surface area contributed by atoms with Gasteiger partial charge in [0, 0.05) is 114 Å². The largest absolute Gasteiger partial charge is 0.461 e. The molecule has 0 saturated carbocycles. The molecule has 9 aliphatic heterocycles. The normalized spacial score (nSPS) is 27.9. The number of hydrogen-bond donors (Lipinski definition) is 12. The molecule has 9 aromatic carbocycles. The van der Waals surface area contributed by atoms with Crippen molar-refractivity contribution in [2.75, 3.05) is 73.8 Å². The van der Waals surface area contributed by atoms with Crippen molar-refractivity contribution in [1.82, 2.24) is 0 Å². The highest BCUT2D eigenvalue weighted by atomic mass is 19.3. The van der Waals surface area contributed by atoms with E-state index in [1.54, 1.807) is 18.2 Å². The van der Waals surface area contributed by atoms with Crippen LogP contribution in [0.2, 0.25) is 0 Å². The van der Waals surface area contributed by atoms with Crippen LogP contribution in [-0.4, -0.2) is 212 Å². The molecule has 666 valence electrons. The second-order valence-electron chi connectivity index (χ2n) is 31.6. The fraction of sp³-hybridized carbons (Fsp3) is 0.419. The highest BCUT2D eigenvalue weighted by Gasteiger charge is 2.56. The van der Waals surface area contributed by atoms with Crippen LogP contribution in [0.5, 0.6) is 51.7 Å². The summed E-state index contributed by atoms with van der Waals surface area (Å²) in [5.41, 5.74) is 7.14. The quantitative estimate of drug-likeness (QED) is 0.0297. The molecule has 0 aromatic heterocycles. The SMILES string of the molecule is CCN(CC)c1ccc2c(c1)Oc1c(ccc(O[C@@H]3O[C@H](CO)[C@H](O)[C@H](O)[C@H]3O)c1C(F)F)C21OCc2ccccc21.CCN(CC)c1ccc2c(c1)Oc1c(ccc(O[C@@H]3O[C@H](CO)[C@H](O)[C@H](O)[C@H]3O)c1CF)C21OCc2ccccc21.CCN(CC)c1ccc2c(c1)Oc1cc(O[C@@H]3O[C@H](CO)[C@H](O)[C@H](O)[C@H]3O)c(C(F)F)cc1C21OCc2ccccc21. The standard InChI is InChI=1S/2C31H33F2NO8.C31H34FNO8/c1-3-34(4-2)17-9-10-20-23(11-17)40-24-13-22(41-30-28(38)27(37)26(36)25(14-35)42-30)18(29(32)33)12-21(24)31(20)19-8-6-5-7-16(19)15-39-31;1-3-34(4-2)17-9-10-19-22(13-17)40-28-20(31(19)18-8-6-5-7-16(18)15-39-31)11-12-21(24(28)29(32)33)41-30-27(38)26(37)25(36)23(14-35)42-30;1-3-33(4-2)18-9-10-21-24(13-18)39-29-19(14-32)23(40-30-28(37)27(36)26(35)25(15-34)41-30)12-11-22(29)31(21)20-8-6-5-7-17(20)16-38-31/h5-13,25-30,35-38H,3-4,14-15H2,1-2H3;5-13,23,25-27,29-30,35-38H,3-4,14-15H2,1-2H3;5-13,25-28,30,34-37H,3-4,14-16H2,1-2H3/t25-,26+,27+,28-,30-,31?;23-,25+,26+,27-,30-,31?;25-,26+,27+,28-,30-,31?/m111/s1. The van der Waals surface area contributed by atoms with Crippen LogP contribution < -0.4 is 43.1 Å². The second-order valence-corrected chi connectivity index (χ2v) is 31.6. The van der Waals surface area contributed by atoms with Crippen molar-refractivity contribution in [3.8, 4) is 51.7 Å². The number of halogens is 5. The molecule has 3 saturated heterocycles. The fourth-order valence-corrected chi connectivity index (χ4v) is 18.5. The summed E-state index contributed by atoms with van der Waals surface area (Å²) in [6.07, 6.45) is -29.7. The lowest BCUT2D eigenvalue weighted by Crippen LogP contribution is -2.60. The van der Waals surface area contributed by atoms with Gasteiger partial charge in [0.1, 0.15) is 137 Å². The molecule has 125 heavy (non-hydrogen) atoms. The molecule has 32 heteroatoms. The van der Waals surface area contributed by atoms with Crippen LogP contribution in [0.25, 0.3) is 0 Å². The van der Waals surface area contributed by atoms with E-state index in [-0.39, 0.29) is 53.3 Å². The molecular formula is C93H100F5N3O24. The number of anilines is 3. The Morgan fingerprint density at radius 3 is 1.06 bits per heavy atom. The second kappa shape index (κ2) is 36.1. The molecule has 12 N–H and O–H groups in total. The predicted molar refractivity (Wildman–Crippen MR) is 441 cm³/mol. The van der Waals surface area contributed by atoms with E-state index in [1.807, 2.05) is 155 Å². The van der Waals surface area contributed by atoms with Gasteiger partial charge in [-0.3, -0.25) is 0 Å². The number of ether oxygens (including phenoxy) is 12. The number of benzene rings is 9. The Morgan fingerprint density at radius 2 is 0.688 bits per heavy atom. The molecule has 3 unspecified atom stereocenters. The summed E-state index contributed by atoms with van der Waals surface area (Å²) < 4.78 is 147. The zero-order chi connectivity index (χ0) is 88.4. The van der Waals surface area contributed by atoms with E-state index in [1.165, 1.54) is 18.2 Å². The highest BCUT2D eigenvalue weighted by Crippen LogP contribution is 2.63. The number of hydrogen-bond acceptors (Lipinski definition) is 27. The van der Waals surface area contributed by atoms with Gasteiger partial charge in [-0.25, -0.2) is 22.0 Å². The Hall–Kier alpha value is -9.89. The molecule has 27 nitrogen and oxygen atoms in total. The van der Waals surface area contributed by atoms with Crippen LogP contribution in [0.4, 0.5) is 39.0 Å². The van der Waals surface area contributed by atoms with Crippen molar-refractivity contribution in [3.63, 3.8) is 0 Å². The number of rotatable bonds is 21. The first-order chi connectivity index (χ1) is 60.3. The van der Waals surface area contributed by atoms with Gasteiger partial charge in [-0.1, -0.05) is 72.8 Å². The van der Waals surface area contributed by atoms with Gasteiger partial charge in [0.25, 0.3) is 12.9 Å². The van der Waals surface area contributed by atoms with Crippen LogP contribution in [-0.2, 0) is 71.7 Å². The van der Waals surface area contributed by atoms with Crippen LogP contribution >= 0.6 is 0 Å². The van der Waals surface area contributed by atoms with Crippen LogP contribution in [0, 0.1) is 0 Å². The van der Waals surface area contributed by atoms with Crippen molar-refractivity contribution in [1.29, 1.82) is 0 Å². The average molecular weight is 1740 g/mol. The predicted octanol–water partition coefficient (Wildman–Crippen LogP) is 10.3. The monoisotopic (exact) mass is 1740 g/mol. The summed E-state index contributed by atoms with van der Waals surface area (Å²) in [7, 11) is 0. The third-order valence-corrected chi connectivity index (χ3v) is 25.1. The van der Waals surface area contributed by atoms with Gasteiger partial charge < -0.3 is 133 Å². The Labute approximate surface area is 716 Å². The topological polar surface area (TPSA) is 363 Å². The van der Waals surface area contributed by atoms with Crippen molar-refractivity contribution >= 4 is 17.1 Å². The molecule has 9 heterocycles. The molecule has 3 spiro atoms. The van der Waals surface area contributed by atoms with Gasteiger partial charge in [0.15, 0.2) is 16.8 Å². The fourth-order valence-electron chi connectivity index (χ4n) is 18.5. The third-order valence-electron chi connectivity index (χ3n) is 25.1. The van der Waals surface area contributed by atoms with Crippen LogP contribution in [0.3, 0.4) is 0 Å². The maximum atomic E-state index is 15.0. The van der Waals surface area contributed by atoms with Crippen molar-refractivity contribution in [3.05, 3.63) is 247 Å². The molecule has 18 rings (SSSR count). The van der Waals surface area contributed by atoms with E-state index in [0.29, 0.717) is 51.7 Å². The minimum atomic E-state index is -3.08. The lowest BCUT2D eigenvalue weighted by molar-refractivity contribution is -0.277. The summed E-state index contributed by atoms with van der Waals surface area (Å²) in [5.74, 6) is 1.00.